The van der Waals surface area contributed by atoms with Crippen LogP contribution >= 0.6 is 0 Å². The minimum absolute atomic E-state index is 0.116. The van der Waals surface area contributed by atoms with Crippen LogP contribution in [0.5, 0.6) is 0 Å². The van der Waals surface area contributed by atoms with E-state index >= 15 is 0 Å². The van der Waals surface area contributed by atoms with Gasteiger partial charge < -0.3 is 5.73 Å². The van der Waals surface area contributed by atoms with Crippen LogP contribution in [0.15, 0.2) is 29.1 Å². The molecule has 1 unspecified atom stereocenters. The number of primary amides is 1. The molecule has 0 fully saturated rings. The number of benzene rings is 1. The van der Waals surface area contributed by atoms with Crippen molar-refractivity contribution in [3.8, 4) is 5.69 Å². The highest BCUT2D eigenvalue weighted by atomic mass is 16.1. The van der Waals surface area contributed by atoms with Gasteiger partial charge in [0.05, 0.1) is 5.69 Å². The SMILES string of the molecule is Cc1ccccc1-n1[nH]c(=O)c2c1CCC(C(N)=O)C2. The molecule has 2 aromatic rings. The van der Waals surface area contributed by atoms with Crippen LogP contribution < -0.4 is 11.3 Å². The van der Waals surface area contributed by atoms with Crippen LogP contribution in [0.3, 0.4) is 0 Å². The Hall–Kier alpha value is -2.30. The normalized spacial score (nSPS) is 17.8. The Morgan fingerprint density at radius 1 is 1.40 bits per heavy atom. The molecule has 1 aliphatic carbocycles. The molecule has 0 saturated heterocycles. The number of carbonyl (C=O) groups excluding carboxylic acids is 1. The fourth-order valence-corrected chi connectivity index (χ4v) is 2.90. The molecule has 5 nitrogen and oxygen atoms in total. The second-order valence-corrected chi connectivity index (χ2v) is 5.33. The summed E-state index contributed by atoms with van der Waals surface area (Å²) >= 11 is 0. The number of H-pyrrole nitrogens is 1. The average Bonchev–Trinajstić information content (AvgIpc) is 2.76. The maximum absolute atomic E-state index is 12.1. The number of hydrogen-bond acceptors (Lipinski definition) is 2. The lowest BCUT2D eigenvalue weighted by atomic mass is 9.87. The summed E-state index contributed by atoms with van der Waals surface area (Å²) in [6.07, 6.45) is 1.83. The molecule has 0 saturated carbocycles. The van der Waals surface area contributed by atoms with Gasteiger partial charge in [-0.25, -0.2) is 0 Å². The van der Waals surface area contributed by atoms with Crippen LogP contribution in [0, 0.1) is 12.8 Å². The number of rotatable bonds is 2. The zero-order chi connectivity index (χ0) is 14.3. The molecular weight excluding hydrogens is 254 g/mol. The lowest BCUT2D eigenvalue weighted by molar-refractivity contribution is -0.122. The number of nitrogens with zero attached hydrogens (tertiary/aromatic N) is 1. The van der Waals surface area contributed by atoms with Gasteiger partial charge in [0.1, 0.15) is 0 Å². The summed E-state index contributed by atoms with van der Waals surface area (Å²) in [4.78, 5) is 23.4. The van der Waals surface area contributed by atoms with Gasteiger partial charge in [0.15, 0.2) is 0 Å². The molecule has 0 radical (unpaired) electrons. The summed E-state index contributed by atoms with van der Waals surface area (Å²) in [5.74, 6) is -0.546. The molecule has 1 aliphatic rings. The smallest absolute Gasteiger partial charge is 0.267 e. The molecule has 20 heavy (non-hydrogen) atoms. The Labute approximate surface area is 116 Å². The van der Waals surface area contributed by atoms with Crippen LogP contribution in [-0.4, -0.2) is 15.7 Å². The number of carbonyl (C=O) groups is 1. The summed E-state index contributed by atoms with van der Waals surface area (Å²) in [6, 6.07) is 7.90. The molecule has 3 rings (SSSR count). The van der Waals surface area contributed by atoms with E-state index in [1.54, 1.807) is 0 Å². The van der Waals surface area contributed by atoms with E-state index in [4.69, 9.17) is 5.73 Å². The number of amides is 1. The Balaban J connectivity index is 2.10. The highest BCUT2D eigenvalue weighted by molar-refractivity contribution is 5.77. The fraction of sp³-hybridized carbons (Fsp3) is 0.333. The Morgan fingerprint density at radius 2 is 2.15 bits per heavy atom. The Bertz CT molecular complexity index is 727. The van der Waals surface area contributed by atoms with E-state index in [9.17, 15) is 9.59 Å². The van der Waals surface area contributed by atoms with Crippen molar-refractivity contribution in [2.45, 2.75) is 26.2 Å². The van der Waals surface area contributed by atoms with E-state index in [1.165, 1.54) is 0 Å². The van der Waals surface area contributed by atoms with E-state index in [0.29, 0.717) is 24.8 Å². The summed E-state index contributed by atoms with van der Waals surface area (Å²) < 4.78 is 1.85. The average molecular weight is 271 g/mol. The van der Waals surface area contributed by atoms with Gasteiger partial charge in [-0.05, 0) is 37.8 Å². The minimum atomic E-state index is -0.321. The van der Waals surface area contributed by atoms with Crippen molar-refractivity contribution in [3.05, 3.63) is 51.4 Å². The summed E-state index contributed by atoms with van der Waals surface area (Å²) in [6.45, 7) is 2.01. The van der Waals surface area contributed by atoms with E-state index in [-0.39, 0.29) is 17.4 Å². The van der Waals surface area contributed by atoms with Crippen LogP contribution in [0.2, 0.25) is 0 Å². The van der Waals surface area contributed by atoms with Gasteiger partial charge in [-0.3, -0.25) is 19.4 Å². The van der Waals surface area contributed by atoms with Gasteiger partial charge in [-0.1, -0.05) is 18.2 Å². The highest BCUT2D eigenvalue weighted by Gasteiger charge is 2.28. The molecule has 1 heterocycles. The first kappa shape index (κ1) is 12.7. The molecule has 5 heteroatoms. The molecule has 1 aromatic heterocycles. The van der Waals surface area contributed by atoms with Crippen LogP contribution in [0.1, 0.15) is 23.2 Å². The van der Waals surface area contributed by atoms with Crippen molar-refractivity contribution in [2.75, 3.05) is 0 Å². The molecule has 0 spiro atoms. The molecule has 0 aliphatic heterocycles. The number of nitrogens with one attached hydrogen (secondary N) is 1. The van der Waals surface area contributed by atoms with Gasteiger partial charge in [-0.15, -0.1) is 0 Å². The predicted molar refractivity (Wildman–Crippen MR) is 75.8 cm³/mol. The van der Waals surface area contributed by atoms with E-state index in [0.717, 1.165) is 16.9 Å². The molecule has 3 N–H and O–H groups in total. The quantitative estimate of drug-likeness (QED) is 0.856. The Morgan fingerprint density at radius 3 is 2.85 bits per heavy atom. The number of fused-ring (bicyclic) bond motifs is 1. The number of aromatic amines is 1. The van der Waals surface area contributed by atoms with Crippen molar-refractivity contribution in [1.29, 1.82) is 0 Å². The summed E-state index contributed by atoms with van der Waals surface area (Å²) in [7, 11) is 0. The molecule has 1 aromatic carbocycles. The minimum Gasteiger partial charge on any atom is -0.369 e. The molecule has 0 bridgehead atoms. The number of aromatic nitrogens is 2. The van der Waals surface area contributed by atoms with Crippen molar-refractivity contribution in [2.24, 2.45) is 11.7 Å². The number of para-hydroxylation sites is 1. The topological polar surface area (TPSA) is 80.9 Å². The number of nitrogens with two attached hydrogens (primary N) is 1. The third-order valence-electron chi connectivity index (χ3n) is 4.04. The van der Waals surface area contributed by atoms with Crippen molar-refractivity contribution in [3.63, 3.8) is 0 Å². The van der Waals surface area contributed by atoms with Gasteiger partial charge in [0.2, 0.25) is 5.91 Å². The zero-order valence-electron chi connectivity index (χ0n) is 11.3. The zero-order valence-corrected chi connectivity index (χ0v) is 11.3. The van der Waals surface area contributed by atoms with Crippen molar-refractivity contribution in [1.82, 2.24) is 9.78 Å². The lowest BCUT2D eigenvalue weighted by Crippen LogP contribution is -2.30. The molecule has 1 amide bonds. The number of hydrogen-bond donors (Lipinski definition) is 2. The maximum atomic E-state index is 12.1. The fourth-order valence-electron chi connectivity index (χ4n) is 2.90. The first-order valence-corrected chi connectivity index (χ1v) is 6.76. The second kappa shape index (κ2) is 4.67. The van der Waals surface area contributed by atoms with Gasteiger partial charge in [-0.2, -0.15) is 0 Å². The predicted octanol–water partition coefficient (Wildman–Crippen LogP) is 1.06. The van der Waals surface area contributed by atoms with E-state index in [2.05, 4.69) is 5.10 Å². The standard InChI is InChI=1S/C15H17N3O2/c1-9-4-2-3-5-12(9)18-13-7-6-10(14(16)19)8-11(13)15(20)17-18/h2-5,10H,6-8H2,1H3,(H2,16,19)(H,17,20). The molecule has 1 atom stereocenters. The first-order valence-electron chi connectivity index (χ1n) is 6.76. The van der Waals surface area contributed by atoms with E-state index < -0.39 is 0 Å². The Kier molecular flexibility index (Phi) is 2.97. The second-order valence-electron chi connectivity index (χ2n) is 5.33. The van der Waals surface area contributed by atoms with Crippen molar-refractivity contribution < 1.29 is 4.79 Å². The monoisotopic (exact) mass is 271 g/mol. The van der Waals surface area contributed by atoms with Crippen LogP contribution in [0.4, 0.5) is 0 Å². The van der Waals surface area contributed by atoms with Crippen LogP contribution in [0.25, 0.3) is 5.69 Å². The molecular formula is C15H17N3O2. The van der Waals surface area contributed by atoms with Crippen LogP contribution in [-0.2, 0) is 17.6 Å². The maximum Gasteiger partial charge on any atom is 0.267 e. The largest absolute Gasteiger partial charge is 0.369 e. The van der Waals surface area contributed by atoms with E-state index in [1.807, 2.05) is 35.9 Å². The molecule has 104 valence electrons. The van der Waals surface area contributed by atoms with Gasteiger partial charge >= 0.3 is 0 Å². The van der Waals surface area contributed by atoms with Gasteiger partial charge in [0, 0.05) is 17.2 Å². The highest BCUT2D eigenvalue weighted by Crippen LogP contribution is 2.25. The van der Waals surface area contributed by atoms with Crippen molar-refractivity contribution >= 4 is 5.91 Å². The summed E-state index contributed by atoms with van der Waals surface area (Å²) in [5.41, 5.74) is 8.98. The third kappa shape index (κ3) is 1.95. The summed E-state index contributed by atoms with van der Waals surface area (Å²) in [5, 5.41) is 2.88. The van der Waals surface area contributed by atoms with Gasteiger partial charge in [0.25, 0.3) is 5.56 Å². The lowest BCUT2D eigenvalue weighted by Gasteiger charge is -2.20. The third-order valence-corrected chi connectivity index (χ3v) is 4.04. The number of aryl methyl sites for hydroxylation is 1. The first-order chi connectivity index (χ1) is 9.58.